The molecule has 0 radical (unpaired) electrons. The predicted molar refractivity (Wildman–Crippen MR) is 120 cm³/mol. The third-order valence-electron chi connectivity index (χ3n) is 5.00. The molecule has 1 unspecified atom stereocenters. The van der Waals surface area contributed by atoms with Crippen LogP contribution >= 0.6 is 11.3 Å². The van der Waals surface area contributed by atoms with Crippen LogP contribution in [0.5, 0.6) is 0 Å². The maximum atomic E-state index is 11.6. The Morgan fingerprint density at radius 1 is 1.17 bits per heavy atom. The van der Waals surface area contributed by atoms with Gasteiger partial charge in [-0.25, -0.2) is 15.0 Å². The van der Waals surface area contributed by atoms with Crippen molar-refractivity contribution in [3.8, 4) is 11.3 Å². The van der Waals surface area contributed by atoms with Gasteiger partial charge in [-0.15, -0.1) is 4.31 Å². The molecule has 0 bridgehead atoms. The molecule has 2 N–H and O–H groups in total. The summed E-state index contributed by atoms with van der Waals surface area (Å²) in [5.74, 6) is 0.739. The van der Waals surface area contributed by atoms with E-state index in [0.717, 1.165) is 64.4 Å². The molecule has 1 fully saturated rings. The summed E-state index contributed by atoms with van der Waals surface area (Å²) in [7, 11) is 0. The summed E-state index contributed by atoms with van der Waals surface area (Å²) in [5.41, 5.74) is 3.74. The van der Waals surface area contributed by atoms with Crippen molar-refractivity contribution in [2.45, 2.75) is 0 Å². The molecule has 1 atom stereocenters. The monoisotopic (exact) mass is 440 g/mol. The van der Waals surface area contributed by atoms with Gasteiger partial charge < -0.3 is 14.8 Å². The van der Waals surface area contributed by atoms with Crippen LogP contribution in [-0.4, -0.2) is 66.4 Å². The Morgan fingerprint density at radius 2 is 2.03 bits per heavy atom. The highest BCUT2D eigenvalue weighted by Gasteiger charge is 2.23. The minimum atomic E-state index is -0.910. The standard InChI is InChI=1S/C19H20N8OS2/c1-30(28)27-8-6-26(7-9-27)14-4-5-20-17(10-14)25-19-24-16-3-2-15(23-18(16)29-19)13-11-21-22-12-13/h2-5,10-12H,6-9H2,1H3,(H,21,22)(H,20,24,25). The molecule has 0 amide bonds. The van der Waals surface area contributed by atoms with Gasteiger partial charge in [-0.3, -0.25) is 5.10 Å². The Morgan fingerprint density at radius 3 is 2.80 bits per heavy atom. The first-order chi connectivity index (χ1) is 14.7. The van der Waals surface area contributed by atoms with E-state index in [4.69, 9.17) is 4.98 Å². The lowest BCUT2D eigenvalue weighted by Crippen LogP contribution is -2.48. The zero-order valence-electron chi connectivity index (χ0n) is 16.3. The summed E-state index contributed by atoms with van der Waals surface area (Å²) in [6, 6.07) is 7.93. The largest absolute Gasteiger partial charge is 0.598 e. The second-order valence-corrected chi connectivity index (χ2v) is 9.23. The van der Waals surface area contributed by atoms with Crippen LogP contribution in [-0.2, 0) is 11.4 Å². The number of piperazine rings is 1. The molecule has 5 rings (SSSR count). The second kappa shape index (κ2) is 8.19. The van der Waals surface area contributed by atoms with Crippen molar-refractivity contribution in [3.05, 3.63) is 42.9 Å². The summed E-state index contributed by atoms with van der Waals surface area (Å²) in [6.07, 6.45) is 7.10. The highest BCUT2D eigenvalue weighted by Crippen LogP contribution is 2.29. The lowest BCUT2D eigenvalue weighted by Gasteiger charge is -2.34. The Balaban J connectivity index is 1.32. The Bertz CT molecular complexity index is 1140. The number of nitrogens with zero attached hydrogens (tertiary/aromatic N) is 6. The molecule has 4 aromatic rings. The predicted octanol–water partition coefficient (Wildman–Crippen LogP) is 2.64. The smallest absolute Gasteiger partial charge is 0.190 e. The molecule has 0 spiro atoms. The van der Waals surface area contributed by atoms with Gasteiger partial charge in [0.15, 0.2) is 5.13 Å². The molecule has 0 aromatic carbocycles. The van der Waals surface area contributed by atoms with Gasteiger partial charge in [-0.05, 0) is 18.2 Å². The fraction of sp³-hybridized carbons (Fsp3) is 0.263. The van der Waals surface area contributed by atoms with Crippen LogP contribution in [0.2, 0.25) is 0 Å². The van der Waals surface area contributed by atoms with Crippen LogP contribution in [0.15, 0.2) is 42.9 Å². The number of pyridine rings is 2. The number of hydrogen-bond donors (Lipinski definition) is 2. The van der Waals surface area contributed by atoms with E-state index in [0.29, 0.717) is 0 Å². The Hall–Kier alpha value is -2.73. The van der Waals surface area contributed by atoms with E-state index in [1.165, 1.54) is 11.3 Å². The first-order valence-corrected chi connectivity index (χ1v) is 11.8. The maximum Gasteiger partial charge on any atom is 0.190 e. The van der Waals surface area contributed by atoms with E-state index in [-0.39, 0.29) is 0 Å². The van der Waals surface area contributed by atoms with Crippen LogP contribution in [0.3, 0.4) is 0 Å². The molecule has 9 nitrogen and oxygen atoms in total. The fourth-order valence-electron chi connectivity index (χ4n) is 3.42. The summed E-state index contributed by atoms with van der Waals surface area (Å²) >= 11 is 0.581. The molecule has 0 aliphatic carbocycles. The Labute approximate surface area is 180 Å². The average Bonchev–Trinajstić information content (AvgIpc) is 3.43. The summed E-state index contributed by atoms with van der Waals surface area (Å²) in [5, 5.41) is 10.8. The van der Waals surface area contributed by atoms with E-state index >= 15 is 0 Å². The summed E-state index contributed by atoms with van der Waals surface area (Å²) in [4.78, 5) is 16.9. The van der Waals surface area contributed by atoms with Crippen molar-refractivity contribution < 1.29 is 4.55 Å². The second-order valence-electron chi connectivity index (χ2n) is 6.89. The van der Waals surface area contributed by atoms with Crippen molar-refractivity contribution >= 4 is 49.7 Å². The molecule has 1 aliphatic heterocycles. The van der Waals surface area contributed by atoms with Crippen molar-refractivity contribution in [2.75, 3.05) is 42.7 Å². The van der Waals surface area contributed by atoms with Gasteiger partial charge in [0.25, 0.3) is 0 Å². The third-order valence-corrected chi connectivity index (χ3v) is 6.97. The van der Waals surface area contributed by atoms with Crippen LogP contribution in [0, 0.1) is 0 Å². The minimum absolute atomic E-state index is 0.739. The van der Waals surface area contributed by atoms with Crippen LogP contribution in [0.25, 0.3) is 21.6 Å². The van der Waals surface area contributed by atoms with Gasteiger partial charge in [0.2, 0.25) is 0 Å². The van der Waals surface area contributed by atoms with E-state index in [9.17, 15) is 4.55 Å². The first-order valence-electron chi connectivity index (χ1n) is 9.49. The van der Waals surface area contributed by atoms with Crippen molar-refractivity contribution in [1.29, 1.82) is 0 Å². The van der Waals surface area contributed by atoms with Crippen LogP contribution < -0.4 is 10.2 Å². The number of rotatable bonds is 5. The zero-order chi connectivity index (χ0) is 20.5. The van der Waals surface area contributed by atoms with Gasteiger partial charge in [-0.2, -0.15) is 5.10 Å². The van der Waals surface area contributed by atoms with Gasteiger partial charge in [0.1, 0.15) is 22.4 Å². The molecular weight excluding hydrogens is 420 g/mol. The van der Waals surface area contributed by atoms with Crippen LogP contribution in [0.4, 0.5) is 16.6 Å². The molecule has 1 aliphatic rings. The van der Waals surface area contributed by atoms with Gasteiger partial charge in [0, 0.05) is 54.2 Å². The molecule has 1 saturated heterocycles. The molecule has 154 valence electrons. The molecule has 0 saturated carbocycles. The highest BCUT2D eigenvalue weighted by molar-refractivity contribution is 7.88. The van der Waals surface area contributed by atoms with E-state index in [1.807, 2.05) is 34.8 Å². The number of nitrogens with one attached hydrogen (secondary N) is 2. The summed E-state index contributed by atoms with van der Waals surface area (Å²) in [6.45, 7) is 3.25. The van der Waals surface area contributed by atoms with E-state index in [1.54, 1.807) is 18.6 Å². The van der Waals surface area contributed by atoms with E-state index < -0.39 is 11.4 Å². The van der Waals surface area contributed by atoms with Crippen molar-refractivity contribution in [2.24, 2.45) is 0 Å². The van der Waals surface area contributed by atoms with E-state index in [2.05, 4.69) is 30.4 Å². The lowest BCUT2D eigenvalue weighted by atomic mass is 10.2. The lowest BCUT2D eigenvalue weighted by molar-refractivity contribution is 0.388. The molecule has 4 aromatic heterocycles. The number of aromatic amines is 1. The van der Waals surface area contributed by atoms with Crippen LogP contribution in [0.1, 0.15) is 0 Å². The quantitative estimate of drug-likeness (QED) is 0.456. The Kier molecular flexibility index (Phi) is 5.25. The van der Waals surface area contributed by atoms with Gasteiger partial charge in [-0.1, -0.05) is 11.3 Å². The number of aromatic nitrogens is 5. The van der Waals surface area contributed by atoms with Gasteiger partial charge in [0.05, 0.1) is 25.0 Å². The minimum Gasteiger partial charge on any atom is -0.598 e. The normalized spacial score (nSPS) is 16.1. The molecule has 30 heavy (non-hydrogen) atoms. The van der Waals surface area contributed by atoms with Gasteiger partial charge >= 0.3 is 0 Å². The maximum absolute atomic E-state index is 11.6. The molecule has 11 heteroatoms. The fourth-order valence-corrected chi connectivity index (χ4v) is 4.94. The number of fused-ring (bicyclic) bond motifs is 1. The number of hydrogen-bond acceptors (Lipinski definition) is 9. The highest BCUT2D eigenvalue weighted by atomic mass is 32.2. The molecule has 5 heterocycles. The molecular formula is C19H20N8OS2. The number of H-pyrrole nitrogens is 1. The zero-order valence-corrected chi connectivity index (χ0v) is 17.9. The topological polar surface area (TPSA) is 109 Å². The first kappa shape index (κ1) is 19.2. The number of anilines is 3. The van der Waals surface area contributed by atoms with Crippen molar-refractivity contribution in [3.63, 3.8) is 0 Å². The SMILES string of the molecule is C[S+]([O-])N1CCN(c2ccnc(Nc3nc4ccc(-c5cn[nH]c5)nc4s3)c2)CC1. The average molecular weight is 441 g/mol. The summed E-state index contributed by atoms with van der Waals surface area (Å²) < 4.78 is 13.6. The van der Waals surface area contributed by atoms with Crippen molar-refractivity contribution in [1.82, 2.24) is 29.5 Å². The number of thiazole rings is 1. The third kappa shape index (κ3) is 3.97.